The van der Waals surface area contributed by atoms with Crippen LogP contribution in [0.25, 0.3) is 0 Å². The van der Waals surface area contributed by atoms with E-state index in [2.05, 4.69) is 9.59 Å². The van der Waals surface area contributed by atoms with E-state index in [4.69, 9.17) is 23.2 Å². The molecule has 0 radical (unpaired) electrons. The lowest BCUT2D eigenvalue weighted by Crippen LogP contribution is -2.35. The predicted octanol–water partition coefficient (Wildman–Crippen LogP) is 3.04. The van der Waals surface area contributed by atoms with Crippen molar-refractivity contribution < 1.29 is 4.79 Å². The van der Waals surface area contributed by atoms with Crippen LogP contribution in [0.4, 0.5) is 0 Å². The molecule has 0 spiro atoms. The Labute approximate surface area is 124 Å². The highest BCUT2D eigenvalue weighted by Gasteiger charge is 2.24. The van der Waals surface area contributed by atoms with Crippen molar-refractivity contribution in [2.24, 2.45) is 0 Å². The van der Waals surface area contributed by atoms with Crippen molar-refractivity contribution in [3.8, 4) is 0 Å². The third-order valence-corrected chi connectivity index (χ3v) is 4.31. The van der Waals surface area contributed by atoms with Gasteiger partial charge in [0.2, 0.25) is 0 Å². The van der Waals surface area contributed by atoms with Gasteiger partial charge >= 0.3 is 0 Å². The smallest absolute Gasteiger partial charge is 0.267 e. The lowest BCUT2D eigenvalue weighted by Gasteiger charge is -2.29. The van der Waals surface area contributed by atoms with Crippen LogP contribution in [0.15, 0.2) is 18.3 Å². The SMILES string of the molecule is O=C(c1cnns1)N1CCc2c(Cl)cc(Cl)cc2C1. The molecule has 0 aliphatic carbocycles. The maximum atomic E-state index is 12.2. The molecule has 4 nitrogen and oxygen atoms in total. The summed E-state index contributed by atoms with van der Waals surface area (Å²) in [4.78, 5) is 14.6. The fourth-order valence-corrected chi connectivity index (χ4v) is 3.31. The fourth-order valence-electron chi connectivity index (χ4n) is 2.20. The first kappa shape index (κ1) is 12.8. The minimum absolute atomic E-state index is 0.0447. The van der Waals surface area contributed by atoms with Crippen LogP contribution in [0.2, 0.25) is 10.0 Å². The van der Waals surface area contributed by atoms with E-state index in [1.54, 1.807) is 11.0 Å². The molecule has 7 heteroatoms. The minimum atomic E-state index is -0.0447. The molecule has 0 atom stereocenters. The number of carbonyl (C=O) groups excluding carboxylic acids is 1. The molecular weight excluding hydrogens is 305 g/mol. The third-order valence-electron chi connectivity index (χ3n) is 3.10. The van der Waals surface area contributed by atoms with E-state index in [-0.39, 0.29) is 5.91 Å². The summed E-state index contributed by atoms with van der Waals surface area (Å²) in [6, 6.07) is 3.61. The van der Waals surface area contributed by atoms with Gasteiger partial charge in [0.15, 0.2) is 0 Å². The molecule has 0 N–H and O–H groups in total. The summed E-state index contributed by atoms with van der Waals surface area (Å²) in [5.74, 6) is -0.0447. The van der Waals surface area contributed by atoms with Gasteiger partial charge in [-0.15, -0.1) is 5.10 Å². The largest absolute Gasteiger partial charge is 0.333 e. The maximum Gasteiger partial charge on any atom is 0.267 e. The van der Waals surface area contributed by atoms with Crippen LogP contribution in [-0.4, -0.2) is 26.9 Å². The number of hydrogen-bond acceptors (Lipinski definition) is 4. The van der Waals surface area contributed by atoms with Crippen molar-refractivity contribution in [1.82, 2.24) is 14.5 Å². The van der Waals surface area contributed by atoms with Crippen molar-refractivity contribution in [3.05, 3.63) is 44.4 Å². The summed E-state index contributed by atoms with van der Waals surface area (Å²) >= 11 is 13.3. The van der Waals surface area contributed by atoms with E-state index in [9.17, 15) is 4.79 Å². The number of halogens is 2. The van der Waals surface area contributed by atoms with Crippen molar-refractivity contribution in [2.45, 2.75) is 13.0 Å². The summed E-state index contributed by atoms with van der Waals surface area (Å²) in [5.41, 5.74) is 2.09. The molecule has 2 heterocycles. The van der Waals surface area contributed by atoms with E-state index < -0.39 is 0 Å². The Balaban J connectivity index is 1.88. The second-order valence-corrected chi connectivity index (χ2v) is 5.91. The third kappa shape index (κ3) is 2.45. The second kappa shape index (κ2) is 5.07. The molecule has 98 valence electrons. The Bertz CT molecular complexity index is 630. The van der Waals surface area contributed by atoms with Crippen LogP contribution in [0.3, 0.4) is 0 Å². The Morgan fingerprint density at radius 3 is 2.95 bits per heavy atom. The normalized spacial score (nSPS) is 14.3. The van der Waals surface area contributed by atoms with E-state index >= 15 is 0 Å². The zero-order valence-corrected chi connectivity index (χ0v) is 12.1. The highest BCUT2D eigenvalue weighted by molar-refractivity contribution is 7.07. The molecule has 3 rings (SSSR count). The van der Waals surface area contributed by atoms with Crippen molar-refractivity contribution in [1.29, 1.82) is 0 Å². The number of carbonyl (C=O) groups is 1. The Kier molecular flexibility index (Phi) is 3.43. The Morgan fingerprint density at radius 1 is 1.37 bits per heavy atom. The summed E-state index contributed by atoms with van der Waals surface area (Å²) in [6.07, 6.45) is 2.23. The number of fused-ring (bicyclic) bond motifs is 1. The van der Waals surface area contributed by atoms with Gasteiger partial charge in [0.25, 0.3) is 5.91 Å². The number of rotatable bonds is 1. The average molecular weight is 314 g/mol. The van der Waals surface area contributed by atoms with Crippen LogP contribution in [0.5, 0.6) is 0 Å². The van der Waals surface area contributed by atoms with Crippen LogP contribution < -0.4 is 0 Å². The summed E-state index contributed by atoms with van der Waals surface area (Å²) in [7, 11) is 0. The van der Waals surface area contributed by atoms with E-state index in [0.29, 0.717) is 28.0 Å². The van der Waals surface area contributed by atoms with Gasteiger partial charge in [0.1, 0.15) is 4.88 Å². The van der Waals surface area contributed by atoms with Gasteiger partial charge in [-0.3, -0.25) is 4.79 Å². The first-order valence-corrected chi connectivity index (χ1v) is 7.21. The average Bonchev–Trinajstić information content (AvgIpc) is 2.90. The maximum absolute atomic E-state index is 12.2. The van der Waals surface area contributed by atoms with Crippen LogP contribution in [0, 0.1) is 0 Å². The molecule has 0 saturated heterocycles. The van der Waals surface area contributed by atoms with Gasteiger partial charge < -0.3 is 4.90 Å². The second-order valence-electron chi connectivity index (χ2n) is 4.28. The molecule has 19 heavy (non-hydrogen) atoms. The predicted molar refractivity (Wildman–Crippen MR) is 74.8 cm³/mol. The van der Waals surface area contributed by atoms with Gasteiger partial charge in [-0.1, -0.05) is 27.7 Å². The van der Waals surface area contributed by atoms with E-state index in [1.165, 1.54) is 6.20 Å². The van der Waals surface area contributed by atoms with Gasteiger partial charge in [0.05, 0.1) is 6.20 Å². The molecule has 2 aromatic rings. The zero-order chi connectivity index (χ0) is 13.4. The summed E-state index contributed by atoms with van der Waals surface area (Å²) in [6.45, 7) is 1.16. The minimum Gasteiger partial charge on any atom is -0.333 e. The monoisotopic (exact) mass is 313 g/mol. The molecule has 1 aromatic heterocycles. The number of amides is 1. The first-order valence-electron chi connectivity index (χ1n) is 5.68. The lowest BCUT2D eigenvalue weighted by atomic mass is 9.99. The molecule has 0 bridgehead atoms. The standard InChI is InChI=1S/C12H9Cl2N3OS/c13-8-3-7-6-17(2-1-9(7)10(14)4-8)12(18)11-5-15-16-19-11/h3-5H,1-2,6H2. The van der Waals surface area contributed by atoms with Crippen LogP contribution in [-0.2, 0) is 13.0 Å². The quantitative estimate of drug-likeness (QED) is 0.813. The molecule has 0 unspecified atom stereocenters. The Morgan fingerprint density at radius 2 is 2.21 bits per heavy atom. The zero-order valence-electron chi connectivity index (χ0n) is 9.77. The number of nitrogens with zero attached hydrogens (tertiary/aromatic N) is 3. The van der Waals surface area contributed by atoms with Gasteiger partial charge in [-0.05, 0) is 41.2 Å². The fraction of sp³-hybridized carbons (Fsp3) is 0.250. The molecular formula is C12H9Cl2N3OS. The summed E-state index contributed by atoms with van der Waals surface area (Å²) < 4.78 is 3.71. The summed E-state index contributed by atoms with van der Waals surface area (Å²) in [5, 5.41) is 4.96. The highest BCUT2D eigenvalue weighted by atomic mass is 35.5. The molecule has 0 saturated carbocycles. The van der Waals surface area contributed by atoms with Crippen molar-refractivity contribution >= 4 is 40.6 Å². The molecule has 1 aliphatic heterocycles. The molecule has 0 fully saturated rings. The van der Waals surface area contributed by atoms with E-state index in [0.717, 1.165) is 29.1 Å². The Hall–Kier alpha value is -1.17. The van der Waals surface area contributed by atoms with E-state index in [1.807, 2.05) is 6.07 Å². The van der Waals surface area contributed by atoms with Gasteiger partial charge in [-0.2, -0.15) is 0 Å². The number of aromatic nitrogens is 2. The molecule has 1 aromatic carbocycles. The van der Waals surface area contributed by atoms with Gasteiger partial charge in [-0.25, -0.2) is 0 Å². The first-order chi connectivity index (χ1) is 9.15. The van der Waals surface area contributed by atoms with Gasteiger partial charge in [0, 0.05) is 23.1 Å². The van der Waals surface area contributed by atoms with Crippen LogP contribution >= 0.6 is 34.7 Å². The topological polar surface area (TPSA) is 46.1 Å². The lowest BCUT2D eigenvalue weighted by molar-refractivity contribution is 0.0739. The molecule has 1 aliphatic rings. The van der Waals surface area contributed by atoms with Crippen molar-refractivity contribution in [2.75, 3.05) is 6.54 Å². The van der Waals surface area contributed by atoms with Crippen molar-refractivity contribution in [3.63, 3.8) is 0 Å². The van der Waals surface area contributed by atoms with Crippen LogP contribution in [0.1, 0.15) is 20.8 Å². The number of benzene rings is 1. The molecule has 1 amide bonds. The number of hydrogen-bond donors (Lipinski definition) is 0. The highest BCUT2D eigenvalue weighted by Crippen LogP contribution is 2.30.